The Morgan fingerprint density at radius 3 is 1.92 bits per heavy atom. The minimum Gasteiger partial charge on any atom is -0.504 e. The summed E-state index contributed by atoms with van der Waals surface area (Å²) in [7, 11) is 0. The van der Waals surface area contributed by atoms with Crippen molar-refractivity contribution in [3.63, 3.8) is 0 Å². The van der Waals surface area contributed by atoms with Gasteiger partial charge in [-0.15, -0.1) is 0 Å². The van der Waals surface area contributed by atoms with Gasteiger partial charge in [-0.2, -0.15) is 0 Å². The first kappa shape index (κ1) is 20.1. The monoisotopic (exact) mass is 338 g/mol. The van der Waals surface area contributed by atoms with E-state index in [1.165, 1.54) is 0 Å². The van der Waals surface area contributed by atoms with Crippen molar-refractivity contribution >= 4 is 5.97 Å². The van der Waals surface area contributed by atoms with Crippen LogP contribution in [0.15, 0.2) is 0 Å². The topological polar surface area (TPSA) is 87.0 Å². The lowest BCUT2D eigenvalue weighted by Crippen LogP contribution is -2.12. The van der Waals surface area contributed by atoms with Crippen molar-refractivity contribution in [2.45, 2.75) is 72.1 Å². The van der Waals surface area contributed by atoms with E-state index in [2.05, 4.69) is 0 Å². The average molecular weight is 338 g/mol. The van der Waals surface area contributed by atoms with Gasteiger partial charge in [0, 0.05) is 11.1 Å². The molecule has 0 saturated carbocycles. The van der Waals surface area contributed by atoms with Crippen LogP contribution in [0.3, 0.4) is 0 Å². The fraction of sp³-hybridized carbons (Fsp3) is 0.632. The first-order valence-corrected chi connectivity index (χ1v) is 8.95. The van der Waals surface area contributed by atoms with E-state index in [1.807, 2.05) is 20.8 Å². The van der Waals surface area contributed by atoms with Crippen LogP contribution < -0.4 is 4.74 Å². The standard InChI is InChI=1S/C19H30O5/c1-4-7-10-13-15(19(22)23)14(11-8-5-2)18(17(21)16(13)20)24-12-9-6-3/h20-21H,4-12H2,1-3H3,(H,22,23). The van der Waals surface area contributed by atoms with Crippen LogP contribution in [-0.2, 0) is 12.8 Å². The van der Waals surface area contributed by atoms with E-state index < -0.39 is 5.97 Å². The Morgan fingerprint density at radius 2 is 1.42 bits per heavy atom. The van der Waals surface area contributed by atoms with Gasteiger partial charge < -0.3 is 20.1 Å². The van der Waals surface area contributed by atoms with Gasteiger partial charge in [-0.25, -0.2) is 4.79 Å². The summed E-state index contributed by atoms with van der Waals surface area (Å²) in [5.41, 5.74) is 0.913. The predicted octanol–water partition coefficient (Wildman–Crippen LogP) is 4.66. The van der Waals surface area contributed by atoms with Gasteiger partial charge in [-0.1, -0.05) is 40.0 Å². The van der Waals surface area contributed by atoms with Gasteiger partial charge >= 0.3 is 5.97 Å². The molecule has 0 amide bonds. The summed E-state index contributed by atoms with van der Waals surface area (Å²) in [6.45, 7) is 6.43. The fourth-order valence-corrected chi connectivity index (χ4v) is 2.73. The van der Waals surface area contributed by atoms with E-state index in [0.29, 0.717) is 30.6 Å². The van der Waals surface area contributed by atoms with Crippen molar-refractivity contribution in [2.75, 3.05) is 6.61 Å². The highest BCUT2D eigenvalue weighted by atomic mass is 16.5. The molecule has 1 rings (SSSR count). The number of aromatic hydroxyl groups is 2. The summed E-state index contributed by atoms with van der Waals surface area (Å²) in [5.74, 6) is -1.63. The van der Waals surface area contributed by atoms with Crippen LogP contribution in [0, 0.1) is 0 Å². The molecule has 1 aromatic rings. The molecule has 0 fully saturated rings. The van der Waals surface area contributed by atoms with Crippen molar-refractivity contribution in [1.29, 1.82) is 0 Å². The quantitative estimate of drug-likeness (QED) is 0.403. The van der Waals surface area contributed by atoms with Crippen LogP contribution in [-0.4, -0.2) is 27.9 Å². The summed E-state index contributed by atoms with van der Waals surface area (Å²) >= 11 is 0. The van der Waals surface area contributed by atoms with E-state index in [-0.39, 0.29) is 22.8 Å². The Hall–Kier alpha value is -1.91. The molecule has 0 aliphatic rings. The molecule has 5 heteroatoms. The van der Waals surface area contributed by atoms with Gasteiger partial charge in [0.05, 0.1) is 12.2 Å². The highest BCUT2D eigenvalue weighted by Crippen LogP contribution is 2.45. The molecule has 0 heterocycles. The summed E-state index contributed by atoms with van der Waals surface area (Å²) in [6.07, 6.45) is 5.97. The molecule has 136 valence electrons. The van der Waals surface area contributed by atoms with Gasteiger partial charge in [0.25, 0.3) is 0 Å². The highest BCUT2D eigenvalue weighted by Gasteiger charge is 2.27. The number of ether oxygens (including phenoxy) is 1. The second-order valence-electron chi connectivity index (χ2n) is 6.07. The molecule has 0 unspecified atom stereocenters. The number of carboxylic acids is 1. The largest absolute Gasteiger partial charge is 0.504 e. The number of rotatable bonds is 11. The maximum absolute atomic E-state index is 11.9. The molecule has 1 aromatic carbocycles. The number of carboxylic acid groups (broad SMARTS) is 1. The van der Waals surface area contributed by atoms with Gasteiger partial charge in [-0.3, -0.25) is 0 Å². The van der Waals surface area contributed by atoms with Crippen LogP contribution in [0.2, 0.25) is 0 Å². The number of benzene rings is 1. The zero-order valence-electron chi connectivity index (χ0n) is 15.0. The molecule has 5 nitrogen and oxygen atoms in total. The summed E-state index contributed by atoms with van der Waals surface area (Å²) in [4.78, 5) is 11.9. The van der Waals surface area contributed by atoms with Gasteiger partial charge in [-0.05, 0) is 32.1 Å². The van der Waals surface area contributed by atoms with E-state index in [4.69, 9.17) is 4.74 Å². The van der Waals surface area contributed by atoms with Crippen molar-refractivity contribution in [2.24, 2.45) is 0 Å². The second-order valence-corrected chi connectivity index (χ2v) is 6.07. The van der Waals surface area contributed by atoms with Crippen molar-refractivity contribution < 1.29 is 24.9 Å². The van der Waals surface area contributed by atoms with Crippen molar-refractivity contribution in [1.82, 2.24) is 0 Å². The Morgan fingerprint density at radius 1 is 0.875 bits per heavy atom. The summed E-state index contributed by atoms with van der Waals surface area (Å²) in [6, 6.07) is 0. The Bertz CT molecular complexity index is 551. The highest BCUT2D eigenvalue weighted by molar-refractivity contribution is 5.94. The number of hydrogen-bond donors (Lipinski definition) is 3. The molecule has 0 spiro atoms. The van der Waals surface area contributed by atoms with Gasteiger partial charge in [0.2, 0.25) is 5.75 Å². The van der Waals surface area contributed by atoms with Crippen LogP contribution in [0.4, 0.5) is 0 Å². The molecule has 0 aromatic heterocycles. The molecule has 3 N–H and O–H groups in total. The maximum Gasteiger partial charge on any atom is 0.336 e. The third-order valence-electron chi connectivity index (χ3n) is 4.12. The minimum atomic E-state index is -1.08. The van der Waals surface area contributed by atoms with E-state index >= 15 is 0 Å². The van der Waals surface area contributed by atoms with Crippen molar-refractivity contribution in [3.8, 4) is 17.2 Å². The number of hydrogen-bond acceptors (Lipinski definition) is 4. The zero-order chi connectivity index (χ0) is 18.1. The fourth-order valence-electron chi connectivity index (χ4n) is 2.73. The van der Waals surface area contributed by atoms with Crippen molar-refractivity contribution in [3.05, 3.63) is 16.7 Å². The lowest BCUT2D eigenvalue weighted by Gasteiger charge is -2.20. The first-order valence-electron chi connectivity index (χ1n) is 8.95. The zero-order valence-corrected chi connectivity index (χ0v) is 15.0. The molecular weight excluding hydrogens is 308 g/mol. The smallest absolute Gasteiger partial charge is 0.336 e. The average Bonchev–Trinajstić information content (AvgIpc) is 2.56. The van der Waals surface area contributed by atoms with Gasteiger partial charge in [0.15, 0.2) is 11.5 Å². The van der Waals surface area contributed by atoms with Gasteiger partial charge in [0.1, 0.15) is 0 Å². The number of carbonyl (C=O) groups is 1. The molecule has 0 saturated heterocycles. The minimum absolute atomic E-state index is 0.0960. The van der Waals surface area contributed by atoms with Crippen LogP contribution >= 0.6 is 0 Å². The third kappa shape index (κ3) is 4.79. The second kappa shape index (κ2) is 10.1. The first-order chi connectivity index (χ1) is 11.5. The van der Waals surface area contributed by atoms with E-state index in [0.717, 1.165) is 38.5 Å². The normalized spacial score (nSPS) is 10.8. The molecular formula is C19H30O5. The number of phenols is 2. The van der Waals surface area contributed by atoms with E-state index in [9.17, 15) is 20.1 Å². The Balaban J connectivity index is 3.47. The SMILES string of the molecule is CCCCOc1c(O)c(O)c(CCCC)c(C(=O)O)c1CCCC. The molecule has 0 radical (unpaired) electrons. The lowest BCUT2D eigenvalue weighted by molar-refractivity contribution is 0.0693. The molecule has 24 heavy (non-hydrogen) atoms. The van der Waals surface area contributed by atoms with Crippen LogP contribution in [0.25, 0.3) is 0 Å². The molecule has 0 aliphatic carbocycles. The third-order valence-corrected chi connectivity index (χ3v) is 4.12. The maximum atomic E-state index is 11.9. The Kier molecular flexibility index (Phi) is 8.44. The Labute approximate surface area is 144 Å². The lowest BCUT2D eigenvalue weighted by atomic mass is 9.91. The number of phenolic OH excluding ortho intramolecular Hbond substituents is 2. The van der Waals surface area contributed by atoms with Crippen LogP contribution in [0.5, 0.6) is 17.2 Å². The number of unbranched alkanes of at least 4 members (excludes halogenated alkanes) is 3. The van der Waals surface area contributed by atoms with Crippen LogP contribution in [0.1, 0.15) is 80.8 Å². The summed E-state index contributed by atoms with van der Waals surface area (Å²) < 4.78 is 5.66. The summed E-state index contributed by atoms with van der Waals surface area (Å²) in [5, 5.41) is 30.5. The molecule has 0 aliphatic heterocycles. The molecule has 0 bridgehead atoms. The number of aromatic carboxylic acids is 1. The van der Waals surface area contributed by atoms with E-state index in [1.54, 1.807) is 0 Å². The predicted molar refractivity (Wildman–Crippen MR) is 94.4 cm³/mol. The molecule has 0 atom stereocenters.